The summed E-state index contributed by atoms with van der Waals surface area (Å²) in [6.07, 6.45) is -1.20. The highest BCUT2D eigenvalue weighted by Gasteiger charge is 2.44. The van der Waals surface area contributed by atoms with E-state index < -0.39 is 12.3 Å². The minimum atomic E-state index is -0.660. The van der Waals surface area contributed by atoms with Gasteiger partial charge in [0.15, 0.2) is 0 Å². The van der Waals surface area contributed by atoms with Crippen LogP contribution in [0.5, 0.6) is 0 Å². The maximum atomic E-state index is 11.3. The van der Waals surface area contributed by atoms with Crippen molar-refractivity contribution in [1.29, 1.82) is 0 Å². The van der Waals surface area contributed by atoms with Crippen LogP contribution in [0.1, 0.15) is 20.8 Å². The summed E-state index contributed by atoms with van der Waals surface area (Å²) in [7, 11) is 1.24. The Balaban J connectivity index is 2.88. The van der Waals surface area contributed by atoms with Gasteiger partial charge in [-0.2, -0.15) is 0 Å². The third-order valence-corrected chi connectivity index (χ3v) is 1.98. The van der Waals surface area contributed by atoms with Crippen molar-refractivity contribution in [2.24, 2.45) is 5.41 Å². The zero-order valence-electron chi connectivity index (χ0n) is 8.86. The highest BCUT2D eigenvalue weighted by molar-refractivity contribution is 5.94. The SMILES string of the molecule is COC(=O)N1C(=O)CO[C@@H]1C(C)(C)C. The number of nitrogens with zero attached hydrogens (tertiary/aromatic N) is 1. The van der Waals surface area contributed by atoms with E-state index in [0.717, 1.165) is 4.90 Å². The van der Waals surface area contributed by atoms with Crippen LogP contribution in [0.4, 0.5) is 4.79 Å². The molecule has 1 rings (SSSR count). The minimum absolute atomic E-state index is 0.0585. The molecule has 5 nitrogen and oxygen atoms in total. The minimum Gasteiger partial charge on any atom is -0.452 e. The fourth-order valence-corrected chi connectivity index (χ4v) is 1.36. The summed E-state index contributed by atoms with van der Waals surface area (Å²) < 4.78 is 9.76. The first-order valence-corrected chi connectivity index (χ1v) is 4.39. The average molecular weight is 201 g/mol. The summed E-state index contributed by atoms with van der Waals surface area (Å²) in [4.78, 5) is 23.6. The molecule has 0 N–H and O–H groups in total. The first-order chi connectivity index (χ1) is 6.38. The van der Waals surface area contributed by atoms with Crippen LogP contribution in [0.2, 0.25) is 0 Å². The molecule has 14 heavy (non-hydrogen) atoms. The van der Waals surface area contributed by atoms with Crippen molar-refractivity contribution in [2.45, 2.75) is 27.0 Å². The molecule has 0 aromatic rings. The molecule has 0 unspecified atom stereocenters. The smallest absolute Gasteiger partial charge is 0.418 e. The number of ether oxygens (including phenoxy) is 2. The zero-order valence-corrected chi connectivity index (χ0v) is 8.86. The normalized spacial score (nSPS) is 22.7. The summed E-state index contributed by atoms with van der Waals surface area (Å²) in [6, 6.07) is 0. The molecule has 0 aliphatic carbocycles. The highest BCUT2D eigenvalue weighted by Crippen LogP contribution is 2.29. The Hall–Kier alpha value is -1.10. The number of carbonyl (C=O) groups excluding carboxylic acids is 2. The number of hydrogen-bond acceptors (Lipinski definition) is 4. The maximum absolute atomic E-state index is 11.3. The second kappa shape index (κ2) is 3.57. The van der Waals surface area contributed by atoms with Crippen LogP contribution in [0.3, 0.4) is 0 Å². The highest BCUT2D eigenvalue weighted by atomic mass is 16.6. The molecular formula is C9H15NO4. The van der Waals surface area contributed by atoms with Gasteiger partial charge in [-0.25, -0.2) is 9.69 Å². The van der Waals surface area contributed by atoms with Crippen LogP contribution < -0.4 is 0 Å². The van der Waals surface area contributed by atoms with Crippen molar-refractivity contribution in [1.82, 2.24) is 4.90 Å². The number of hydrogen-bond donors (Lipinski definition) is 0. The van der Waals surface area contributed by atoms with Crippen molar-refractivity contribution >= 4 is 12.0 Å². The van der Waals surface area contributed by atoms with Crippen molar-refractivity contribution in [3.63, 3.8) is 0 Å². The van der Waals surface area contributed by atoms with Crippen molar-refractivity contribution < 1.29 is 19.1 Å². The van der Waals surface area contributed by atoms with E-state index in [1.54, 1.807) is 0 Å². The summed E-state index contributed by atoms with van der Waals surface area (Å²) >= 11 is 0. The third-order valence-electron chi connectivity index (χ3n) is 1.98. The number of methoxy groups -OCH3 is 1. The number of rotatable bonds is 0. The Kier molecular flexibility index (Phi) is 2.80. The second-order valence-electron chi connectivity index (χ2n) is 4.26. The monoisotopic (exact) mass is 201 g/mol. The molecule has 1 aliphatic heterocycles. The molecule has 1 fully saturated rings. The molecule has 0 spiro atoms. The molecule has 80 valence electrons. The Labute approximate surface area is 83.0 Å². The van der Waals surface area contributed by atoms with E-state index in [2.05, 4.69) is 4.74 Å². The van der Waals surface area contributed by atoms with Gasteiger partial charge < -0.3 is 9.47 Å². The van der Waals surface area contributed by atoms with E-state index in [-0.39, 0.29) is 17.9 Å². The molecule has 5 heteroatoms. The van der Waals surface area contributed by atoms with Crippen molar-refractivity contribution in [3.8, 4) is 0 Å². The molecule has 0 bridgehead atoms. The first-order valence-electron chi connectivity index (χ1n) is 4.39. The molecule has 0 aromatic carbocycles. The van der Waals surface area contributed by atoms with Gasteiger partial charge in [0.2, 0.25) is 0 Å². The quantitative estimate of drug-likeness (QED) is 0.586. The Morgan fingerprint density at radius 2 is 2.14 bits per heavy atom. The summed E-state index contributed by atoms with van der Waals surface area (Å²) in [5.74, 6) is -0.350. The average Bonchev–Trinajstić information content (AvgIpc) is 2.45. The molecule has 2 amide bonds. The fourth-order valence-electron chi connectivity index (χ4n) is 1.36. The van der Waals surface area contributed by atoms with Gasteiger partial charge in [0.05, 0.1) is 7.11 Å². The number of imide groups is 1. The van der Waals surface area contributed by atoms with Crippen LogP contribution >= 0.6 is 0 Å². The second-order valence-corrected chi connectivity index (χ2v) is 4.26. The van der Waals surface area contributed by atoms with E-state index in [1.165, 1.54) is 7.11 Å². The molecule has 1 heterocycles. The predicted octanol–water partition coefficient (Wildman–Crippen LogP) is 0.984. The van der Waals surface area contributed by atoms with Crippen LogP contribution in [0.25, 0.3) is 0 Å². The standard InChI is InChI=1S/C9H15NO4/c1-9(2,3)7-10(8(12)13-4)6(11)5-14-7/h7H,5H2,1-4H3/t7-/m1/s1. The van der Waals surface area contributed by atoms with Crippen LogP contribution in [-0.2, 0) is 14.3 Å². The molecule has 0 aromatic heterocycles. The lowest BCUT2D eigenvalue weighted by Gasteiger charge is -2.30. The van der Waals surface area contributed by atoms with E-state index in [9.17, 15) is 9.59 Å². The Bertz CT molecular complexity index is 256. The summed E-state index contributed by atoms with van der Waals surface area (Å²) in [6.45, 7) is 5.63. The van der Waals surface area contributed by atoms with Gasteiger partial charge in [-0.1, -0.05) is 20.8 Å². The van der Waals surface area contributed by atoms with Crippen molar-refractivity contribution in [3.05, 3.63) is 0 Å². The first kappa shape index (κ1) is 11.0. The topological polar surface area (TPSA) is 55.8 Å². The van der Waals surface area contributed by atoms with Gasteiger partial charge in [0.1, 0.15) is 12.8 Å². The number of carbonyl (C=O) groups is 2. The molecule has 1 atom stereocenters. The van der Waals surface area contributed by atoms with E-state index in [0.29, 0.717) is 0 Å². The molecule has 0 radical (unpaired) electrons. The molecule has 1 saturated heterocycles. The fraction of sp³-hybridized carbons (Fsp3) is 0.778. The number of amides is 2. The van der Waals surface area contributed by atoms with Gasteiger partial charge in [0, 0.05) is 5.41 Å². The van der Waals surface area contributed by atoms with Gasteiger partial charge in [-0.05, 0) is 0 Å². The lowest BCUT2D eigenvalue weighted by atomic mass is 9.94. The van der Waals surface area contributed by atoms with Gasteiger partial charge in [-0.3, -0.25) is 4.79 Å². The van der Waals surface area contributed by atoms with Crippen LogP contribution in [0, 0.1) is 5.41 Å². The van der Waals surface area contributed by atoms with E-state index >= 15 is 0 Å². The van der Waals surface area contributed by atoms with Crippen molar-refractivity contribution in [2.75, 3.05) is 13.7 Å². The van der Waals surface area contributed by atoms with Gasteiger partial charge in [0.25, 0.3) is 5.91 Å². The maximum Gasteiger partial charge on any atom is 0.418 e. The lowest BCUT2D eigenvalue weighted by molar-refractivity contribution is -0.127. The summed E-state index contributed by atoms with van der Waals surface area (Å²) in [5.41, 5.74) is -0.305. The third kappa shape index (κ3) is 1.87. The van der Waals surface area contributed by atoms with E-state index in [1.807, 2.05) is 20.8 Å². The molecule has 1 aliphatic rings. The summed E-state index contributed by atoms with van der Waals surface area (Å²) in [5, 5.41) is 0. The largest absolute Gasteiger partial charge is 0.452 e. The Morgan fingerprint density at radius 3 is 2.57 bits per heavy atom. The van der Waals surface area contributed by atoms with Gasteiger partial charge >= 0.3 is 6.09 Å². The molecular weight excluding hydrogens is 186 g/mol. The van der Waals surface area contributed by atoms with Gasteiger partial charge in [-0.15, -0.1) is 0 Å². The lowest BCUT2D eigenvalue weighted by Crippen LogP contribution is -2.45. The van der Waals surface area contributed by atoms with Crippen LogP contribution in [-0.4, -0.2) is 36.8 Å². The molecule has 0 saturated carbocycles. The zero-order chi connectivity index (χ0) is 10.9. The Morgan fingerprint density at radius 1 is 1.57 bits per heavy atom. The van der Waals surface area contributed by atoms with E-state index in [4.69, 9.17) is 4.74 Å². The van der Waals surface area contributed by atoms with Crippen LogP contribution in [0.15, 0.2) is 0 Å². The predicted molar refractivity (Wildman–Crippen MR) is 48.4 cm³/mol.